The molecule has 4 rings (SSSR count). The molecule has 0 atom stereocenters. The molecule has 0 spiro atoms. The third kappa shape index (κ3) is 3.36. The maximum Gasteiger partial charge on any atom is 0.235 e. The van der Waals surface area contributed by atoms with Gasteiger partial charge in [-0.15, -0.1) is 0 Å². The number of aryl methyl sites for hydroxylation is 1. The Kier molecular flexibility index (Phi) is 4.73. The van der Waals surface area contributed by atoms with Gasteiger partial charge in [-0.3, -0.25) is 4.79 Å². The van der Waals surface area contributed by atoms with Crippen molar-refractivity contribution in [1.82, 2.24) is 0 Å². The first-order valence-corrected chi connectivity index (χ1v) is 9.05. The van der Waals surface area contributed by atoms with E-state index in [0.717, 1.165) is 17.5 Å². The number of benzene rings is 2. The maximum atomic E-state index is 13.2. The fourth-order valence-electron chi connectivity index (χ4n) is 2.91. The van der Waals surface area contributed by atoms with Crippen LogP contribution in [0.15, 0.2) is 74.5 Å². The molecule has 27 heavy (non-hydrogen) atoms. The molecule has 0 saturated carbocycles. The van der Waals surface area contributed by atoms with Crippen molar-refractivity contribution in [2.75, 3.05) is 0 Å². The van der Waals surface area contributed by atoms with Gasteiger partial charge in [0.2, 0.25) is 16.9 Å². The number of hydrogen-bond acceptors (Lipinski definition) is 4. The Morgan fingerprint density at radius 3 is 2.67 bits per heavy atom. The molecule has 5 heteroatoms. The predicted molar refractivity (Wildman–Crippen MR) is 105 cm³/mol. The number of rotatable bonds is 5. The van der Waals surface area contributed by atoms with Crippen molar-refractivity contribution < 1.29 is 13.6 Å². The summed E-state index contributed by atoms with van der Waals surface area (Å²) < 4.78 is 17.3. The lowest BCUT2D eigenvalue weighted by molar-refractivity contribution is 0.296. The zero-order valence-corrected chi connectivity index (χ0v) is 15.5. The summed E-state index contributed by atoms with van der Waals surface area (Å²) in [4.78, 5) is 13.2. The van der Waals surface area contributed by atoms with Crippen molar-refractivity contribution in [3.63, 3.8) is 0 Å². The topological polar surface area (TPSA) is 52.6 Å². The molecule has 0 aliphatic carbocycles. The first kappa shape index (κ1) is 17.4. The molecule has 2 heterocycles. The summed E-state index contributed by atoms with van der Waals surface area (Å²) in [5.74, 6) is 0.821. The van der Waals surface area contributed by atoms with Gasteiger partial charge in [-0.25, -0.2) is 0 Å². The highest BCUT2D eigenvalue weighted by atomic mass is 35.5. The van der Waals surface area contributed by atoms with Gasteiger partial charge in [-0.1, -0.05) is 42.8 Å². The summed E-state index contributed by atoms with van der Waals surface area (Å²) in [7, 11) is 0. The average Bonchev–Trinajstić information content (AvgIpc) is 3.22. The summed E-state index contributed by atoms with van der Waals surface area (Å²) >= 11 is 6.20. The van der Waals surface area contributed by atoms with E-state index < -0.39 is 0 Å². The van der Waals surface area contributed by atoms with E-state index >= 15 is 0 Å². The first-order chi connectivity index (χ1) is 13.2. The maximum absolute atomic E-state index is 13.2. The molecule has 0 aliphatic heterocycles. The zero-order valence-electron chi connectivity index (χ0n) is 14.7. The molecule has 4 nitrogen and oxygen atoms in total. The second-order valence-corrected chi connectivity index (χ2v) is 6.54. The van der Waals surface area contributed by atoms with Gasteiger partial charge in [0, 0.05) is 10.6 Å². The summed E-state index contributed by atoms with van der Waals surface area (Å²) in [5.41, 5.74) is 2.10. The van der Waals surface area contributed by atoms with Crippen molar-refractivity contribution in [2.45, 2.75) is 20.0 Å². The molecule has 2 aromatic heterocycles. The van der Waals surface area contributed by atoms with E-state index in [9.17, 15) is 4.79 Å². The van der Waals surface area contributed by atoms with E-state index in [0.29, 0.717) is 21.8 Å². The number of fused-ring (bicyclic) bond motifs is 1. The number of halogens is 1. The fourth-order valence-corrected chi connectivity index (χ4v) is 3.10. The average molecular weight is 381 g/mol. The molecular formula is C22H17ClO4. The second kappa shape index (κ2) is 7.33. The molecule has 0 amide bonds. The molecule has 2 aromatic carbocycles. The zero-order chi connectivity index (χ0) is 18.8. The Morgan fingerprint density at radius 2 is 1.93 bits per heavy atom. The van der Waals surface area contributed by atoms with Crippen LogP contribution in [-0.4, -0.2) is 0 Å². The van der Waals surface area contributed by atoms with E-state index in [4.69, 9.17) is 25.2 Å². The normalized spacial score (nSPS) is 11.0. The molecule has 136 valence electrons. The lowest BCUT2D eigenvalue weighted by Gasteiger charge is -2.11. The number of furan rings is 1. The van der Waals surface area contributed by atoms with Gasteiger partial charge in [0.15, 0.2) is 5.76 Å². The highest BCUT2D eigenvalue weighted by Gasteiger charge is 2.20. The van der Waals surface area contributed by atoms with Crippen LogP contribution in [0.25, 0.3) is 22.5 Å². The highest BCUT2D eigenvalue weighted by molar-refractivity contribution is 6.31. The molecule has 0 unspecified atom stereocenters. The molecule has 0 bridgehead atoms. The second-order valence-electron chi connectivity index (χ2n) is 6.13. The summed E-state index contributed by atoms with van der Waals surface area (Å²) in [6, 6.07) is 16.4. The summed E-state index contributed by atoms with van der Waals surface area (Å²) in [6.07, 6.45) is 2.35. The van der Waals surface area contributed by atoms with E-state index in [2.05, 4.69) is 0 Å². The molecule has 4 aromatic rings. The largest absolute Gasteiger partial charge is 0.481 e. The van der Waals surface area contributed by atoms with Crippen LogP contribution >= 0.6 is 11.6 Å². The van der Waals surface area contributed by atoms with Crippen LogP contribution in [-0.2, 0) is 13.0 Å². The minimum Gasteiger partial charge on any atom is -0.481 e. The van der Waals surface area contributed by atoms with Crippen molar-refractivity contribution >= 4 is 22.6 Å². The lowest BCUT2D eigenvalue weighted by atomic mass is 10.1. The Hall–Kier alpha value is -2.98. The van der Waals surface area contributed by atoms with Crippen LogP contribution in [0.1, 0.15) is 18.1 Å². The number of ether oxygens (including phenoxy) is 1. The van der Waals surface area contributed by atoms with Gasteiger partial charge in [0.05, 0.1) is 11.6 Å². The molecule has 0 aliphatic rings. The fraction of sp³-hybridized carbons (Fsp3) is 0.136. The van der Waals surface area contributed by atoms with Gasteiger partial charge in [0.25, 0.3) is 0 Å². The Bertz CT molecular complexity index is 1140. The molecule has 0 saturated heterocycles. The monoisotopic (exact) mass is 380 g/mol. The van der Waals surface area contributed by atoms with Crippen LogP contribution in [0.3, 0.4) is 0 Å². The molecule has 0 N–H and O–H groups in total. The van der Waals surface area contributed by atoms with E-state index in [-0.39, 0.29) is 23.5 Å². The van der Waals surface area contributed by atoms with E-state index in [1.807, 2.05) is 37.3 Å². The van der Waals surface area contributed by atoms with Crippen molar-refractivity contribution in [3.05, 3.63) is 87.2 Å². The van der Waals surface area contributed by atoms with E-state index in [1.54, 1.807) is 24.3 Å². The predicted octanol–water partition coefficient (Wildman–Crippen LogP) is 5.85. The Morgan fingerprint density at radius 1 is 1.07 bits per heavy atom. The number of hydrogen-bond donors (Lipinski definition) is 0. The highest BCUT2D eigenvalue weighted by Crippen LogP contribution is 2.32. The van der Waals surface area contributed by atoms with Crippen LogP contribution in [0.5, 0.6) is 5.75 Å². The van der Waals surface area contributed by atoms with Gasteiger partial charge in [-0.05, 0) is 42.3 Å². The van der Waals surface area contributed by atoms with Gasteiger partial charge < -0.3 is 13.6 Å². The first-order valence-electron chi connectivity index (χ1n) is 8.67. The van der Waals surface area contributed by atoms with Gasteiger partial charge in [0.1, 0.15) is 12.2 Å². The quantitative estimate of drug-likeness (QED) is 0.436. The van der Waals surface area contributed by atoms with Gasteiger partial charge in [-0.2, -0.15) is 0 Å². The standard InChI is InChI=1S/C22H17ClO4/c1-2-14-9-10-18-16(12-14)20(24)22(21(27-18)19-8-5-11-25-19)26-13-15-6-3-4-7-17(15)23/h3-12H,2,13H2,1H3. The van der Waals surface area contributed by atoms with E-state index in [1.165, 1.54) is 6.26 Å². The summed E-state index contributed by atoms with van der Waals surface area (Å²) in [6.45, 7) is 2.19. The van der Waals surface area contributed by atoms with Crippen LogP contribution in [0.4, 0.5) is 0 Å². The minimum atomic E-state index is -0.231. The van der Waals surface area contributed by atoms with Crippen LogP contribution in [0.2, 0.25) is 5.02 Å². The van der Waals surface area contributed by atoms with Crippen molar-refractivity contribution in [3.8, 4) is 17.3 Å². The molecule has 0 radical (unpaired) electrons. The van der Waals surface area contributed by atoms with Crippen molar-refractivity contribution in [1.29, 1.82) is 0 Å². The molecule has 0 fully saturated rings. The summed E-state index contributed by atoms with van der Waals surface area (Å²) in [5, 5.41) is 1.06. The van der Waals surface area contributed by atoms with Gasteiger partial charge >= 0.3 is 0 Å². The Balaban J connectivity index is 1.85. The van der Waals surface area contributed by atoms with Crippen LogP contribution in [0, 0.1) is 0 Å². The Labute approximate surface area is 160 Å². The third-order valence-corrected chi connectivity index (χ3v) is 4.76. The third-order valence-electron chi connectivity index (χ3n) is 4.40. The smallest absolute Gasteiger partial charge is 0.235 e. The molecular weight excluding hydrogens is 364 g/mol. The van der Waals surface area contributed by atoms with Crippen molar-refractivity contribution in [2.24, 2.45) is 0 Å². The van der Waals surface area contributed by atoms with Crippen LogP contribution < -0.4 is 10.2 Å². The minimum absolute atomic E-state index is 0.116. The SMILES string of the molecule is CCc1ccc2oc(-c3ccco3)c(OCc3ccccc3Cl)c(=O)c2c1. The lowest BCUT2D eigenvalue weighted by Crippen LogP contribution is -2.10.